The fraction of sp³-hybridized carbons (Fsp3) is 0.136. The van der Waals surface area contributed by atoms with Gasteiger partial charge in [-0.15, -0.1) is 0 Å². The van der Waals surface area contributed by atoms with Gasteiger partial charge in [0.15, 0.2) is 0 Å². The lowest BCUT2D eigenvalue weighted by Gasteiger charge is -2.32. The lowest BCUT2D eigenvalue weighted by Crippen LogP contribution is -2.25. The Kier molecular flexibility index (Phi) is 20.4. The molecule has 0 atom stereocenters. The third-order valence-corrected chi connectivity index (χ3v) is 28.9. The highest BCUT2D eigenvalue weighted by Crippen LogP contribution is 2.55. The van der Waals surface area contributed by atoms with Gasteiger partial charge in [0.1, 0.15) is 37.1 Å². The maximum atomic E-state index is 6.67. The highest BCUT2D eigenvalue weighted by Gasteiger charge is 2.35. The number of rotatable bonds is 21. The number of hydrogen-bond donors (Lipinski definition) is 3. The number of fused-ring (bicyclic) bond motifs is 12. The van der Waals surface area contributed by atoms with Crippen LogP contribution in [0.15, 0.2) is 399 Å². The van der Waals surface area contributed by atoms with Crippen LogP contribution in [0.5, 0.6) is 17.2 Å². The molecule has 0 radical (unpaired) electrons. The Bertz CT molecular complexity index is 6900. The maximum absolute atomic E-state index is 6.67. The van der Waals surface area contributed by atoms with Gasteiger partial charge in [-0.25, -0.2) is 0 Å². The van der Waals surface area contributed by atoms with Gasteiger partial charge in [0.05, 0.1) is 17.1 Å². The molecule has 0 bridgehead atoms. The molecule has 3 saturated carbocycles. The Balaban J connectivity index is 0.481. The summed E-state index contributed by atoms with van der Waals surface area (Å²) < 4.78 is 20.0. The molecule has 0 aliphatic heterocycles. The van der Waals surface area contributed by atoms with Gasteiger partial charge in [-0.1, -0.05) is 308 Å². The summed E-state index contributed by atoms with van der Waals surface area (Å²) in [5.74, 6) is 2.37. The van der Waals surface area contributed by atoms with Crippen LogP contribution >= 0.6 is 0 Å². The van der Waals surface area contributed by atoms with Crippen molar-refractivity contribution in [3.05, 3.63) is 466 Å². The van der Waals surface area contributed by atoms with E-state index in [0.717, 1.165) is 84.8 Å². The summed E-state index contributed by atoms with van der Waals surface area (Å²) >= 11 is 0. The average Bonchev–Trinajstić information content (AvgIpc) is 1.63. The topological polar surface area (TPSA) is 63.8 Å². The molecule has 632 valence electrons. The van der Waals surface area contributed by atoms with E-state index < -0.39 is 5.41 Å². The van der Waals surface area contributed by atoms with Gasteiger partial charge in [0.25, 0.3) is 0 Å². The van der Waals surface area contributed by atoms with Crippen molar-refractivity contribution < 1.29 is 14.2 Å². The largest absolute Gasteiger partial charge is 0.489 e. The Morgan fingerprint density at radius 2 is 0.466 bits per heavy atom. The summed E-state index contributed by atoms with van der Waals surface area (Å²) in [6.07, 6.45) is 14.6. The molecule has 0 saturated heterocycles. The fourth-order valence-electron chi connectivity index (χ4n) is 22.1. The summed E-state index contributed by atoms with van der Waals surface area (Å²) in [5, 5.41) is 18.9. The number of hydrogen-bond acceptors (Lipinski definition) is 6. The molecule has 6 aliphatic rings. The Labute approximate surface area is 767 Å². The second-order valence-electron chi connectivity index (χ2n) is 36.6. The molecule has 0 unspecified atom stereocenters. The van der Waals surface area contributed by atoms with Crippen molar-refractivity contribution in [3.63, 3.8) is 0 Å². The molecule has 18 aromatic carbocycles. The van der Waals surface area contributed by atoms with Gasteiger partial charge < -0.3 is 30.2 Å². The van der Waals surface area contributed by atoms with Gasteiger partial charge in [0.2, 0.25) is 0 Å². The Morgan fingerprint density at radius 1 is 0.221 bits per heavy atom. The molecule has 0 aromatic heterocycles. The zero-order valence-corrected chi connectivity index (χ0v) is 73.7. The average molecular weight is 1690 g/mol. The number of nitrogens with one attached hydrogen (secondary N) is 3. The van der Waals surface area contributed by atoms with Crippen LogP contribution in [0.1, 0.15) is 151 Å². The first-order valence-corrected chi connectivity index (χ1v) is 47.0. The standard InChI is InChI=1S/C125H99N3O3/c1-125(92-50-62-98(63-51-92)129-77-80-38-56-95(57-39-80)126-122-101-29-11-8-20-83(101)44-68-104(122)89-47-71-110-107-32-14-17-35-113(107)119(116(110)74-89)86-23-2-3-24-86,93-52-64-99(65-53-93)130-78-81-40-58-96(59-41-81)127-123-102-30-12-9-21-84(102)45-69-105(123)90-48-72-111-108-33-15-18-36-114(108)120(117(111)75-90)87-25-4-5-26-87)94-54-66-100(67-55-94)131-79-82-42-60-97(61-43-82)128-124-103-31-13-10-22-85(103)46-70-106(124)91-49-73-112-109-34-16-19-37-115(109)121(118(112)76-91)88-27-6-7-28-88/h8-22,29-76,126-128H,2-7,23-28,77-79H2,1H3. The monoisotopic (exact) mass is 1690 g/mol. The molecular formula is C125H99N3O3. The predicted octanol–water partition coefficient (Wildman–Crippen LogP) is 33.5. The molecule has 0 spiro atoms. The Morgan fingerprint density at radius 3 is 0.748 bits per heavy atom. The van der Waals surface area contributed by atoms with E-state index in [4.69, 9.17) is 14.2 Å². The van der Waals surface area contributed by atoms with Crippen LogP contribution < -0.4 is 30.2 Å². The molecule has 3 N–H and O–H groups in total. The fourth-order valence-corrected chi connectivity index (χ4v) is 22.1. The van der Waals surface area contributed by atoms with Crippen molar-refractivity contribution >= 4 is 83.2 Å². The molecule has 0 amide bonds. The third kappa shape index (κ3) is 14.7. The quantitative estimate of drug-likeness (QED) is 0.0623. The molecule has 6 heteroatoms. The lowest BCUT2D eigenvalue weighted by molar-refractivity contribution is 0.306. The van der Waals surface area contributed by atoms with Crippen molar-refractivity contribution in [1.29, 1.82) is 0 Å². The second kappa shape index (κ2) is 33.8. The Hall–Kier alpha value is -15.2. The van der Waals surface area contributed by atoms with Crippen molar-refractivity contribution in [2.45, 2.75) is 109 Å². The molecule has 131 heavy (non-hydrogen) atoms. The van der Waals surface area contributed by atoms with E-state index in [1.807, 2.05) is 0 Å². The number of allylic oxidation sites excluding steroid dienone is 3. The SMILES string of the molecule is CC(c1ccc(OCc2ccc(Nc3c(-c4ccc5c(c4)C(=C4CCCC4)c4ccccc4-5)ccc4ccccc34)cc2)cc1)(c1ccc(OCc2ccc(Nc3c(-c4ccc5c(c4)C(=C4CCCC4)c4ccccc4-5)ccc4ccccc34)cc2)cc1)c1ccc(OCc2ccc(Nc3c(-c4ccc5c(c4)C(=C4CCCC4)c4ccccc4-5)ccc4ccccc34)cc2)cc1. The van der Waals surface area contributed by atoms with E-state index in [9.17, 15) is 0 Å². The summed E-state index contributed by atoms with van der Waals surface area (Å²) in [5.41, 5.74) is 44.9. The van der Waals surface area contributed by atoms with Crippen LogP contribution in [0.2, 0.25) is 0 Å². The minimum atomic E-state index is -0.602. The van der Waals surface area contributed by atoms with Crippen LogP contribution in [0.3, 0.4) is 0 Å². The summed E-state index contributed by atoms with van der Waals surface area (Å²) in [6.45, 7) is 3.55. The van der Waals surface area contributed by atoms with Crippen LogP contribution in [-0.4, -0.2) is 0 Å². The molecule has 24 rings (SSSR count). The normalized spacial score (nSPS) is 14.1. The van der Waals surface area contributed by atoms with E-state index in [-0.39, 0.29) is 0 Å². The minimum absolute atomic E-state index is 0.409. The smallest absolute Gasteiger partial charge is 0.119 e. The van der Waals surface area contributed by atoms with Crippen molar-refractivity contribution in [1.82, 2.24) is 0 Å². The van der Waals surface area contributed by atoms with E-state index >= 15 is 0 Å². The lowest BCUT2D eigenvalue weighted by atomic mass is 9.71. The van der Waals surface area contributed by atoms with Crippen molar-refractivity contribution in [2.24, 2.45) is 0 Å². The maximum Gasteiger partial charge on any atom is 0.119 e. The van der Waals surface area contributed by atoms with Crippen LogP contribution in [-0.2, 0) is 25.2 Å². The first-order valence-electron chi connectivity index (χ1n) is 47.0. The summed E-state index contributed by atoms with van der Waals surface area (Å²) in [6, 6.07) is 140. The van der Waals surface area contributed by atoms with E-state index in [0.29, 0.717) is 19.8 Å². The van der Waals surface area contributed by atoms with Gasteiger partial charge >= 0.3 is 0 Å². The van der Waals surface area contributed by atoms with Crippen LogP contribution in [0.25, 0.3) is 116 Å². The van der Waals surface area contributed by atoms with Gasteiger partial charge in [-0.2, -0.15) is 0 Å². The number of benzene rings is 18. The third-order valence-electron chi connectivity index (χ3n) is 28.9. The molecule has 0 heterocycles. The molecule has 6 nitrogen and oxygen atoms in total. The van der Waals surface area contributed by atoms with Crippen LogP contribution in [0, 0.1) is 0 Å². The summed E-state index contributed by atoms with van der Waals surface area (Å²) in [7, 11) is 0. The summed E-state index contributed by atoms with van der Waals surface area (Å²) in [4.78, 5) is 0. The second-order valence-corrected chi connectivity index (χ2v) is 36.6. The first-order chi connectivity index (χ1) is 64.8. The van der Waals surface area contributed by atoms with E-state index in [1.54, 1.807) is 16.7 Å². The van der Waals surface area contributed by atoms with E-state index in [1.165, 1.54) is 226 Å². The van der Waals surface area contributed by atoms with Crippen molar-refractivity contribution in [2.75, 3.05) is 16.0 Å². The van der Waals surface area contributed by atoms with E-state index in [2.05, 4.69) is 405 Å². The zero-order valence-electron chi connectivity index (χ0n) is 73.7. The highest BCUT2D eigenvalue weighted by molar-refractivity contribution is 6.11. The van der Waals surface area contributed by atoms with Gasteiger partial charge in [-0.05, 0) is 325 Å². The molecule has 6 aliphatic carbocycles. The first kappa shape index (κ1) is 79.2. The predicted molar refractivity (Wildman–Crippen MR) is 545 cm³/mol. The number of anilines is 6. The van der Waals surface area contributed by atoms with Crippen LogP contribution in [0.4, 0.5) is 34.1 Å². The highest BCUT2D eigenvalue weighted by atomic mass is 16.5. The van der Waals surface area contributed by atoms with Gasteiger partial charge in [0, 0.05) is 55.3 Å². The van der Waals surface area contributed by atoms with Gasteiger partial charge in [-0.3, -0.25) is 0 Å². The number of ether oxygens (including phenoxy) is 3. The molecule has 18 aromatic rings. The zero-order chi connectivity index (χ0) is 86.9. The molecular weight excluding hydrogens is 1590 g/mol. The molecule has 3 fully saturated rings. The minimum Gasteiger partial charge on any atom is -0.489 e. The van der Waals surface area contributed by atoms with Crippen molar-refractivity contribution in [3.8, 4) is 84.0 Å².